The summed E-state index contributed by atoms with van der Waals surface area (Å²) in [4.78, 5) is 0. The number of benzene rings is 1. The lowest BCUT2D eigenvalue weighted by atomic mass is 10.2. The average Bonchev–Trinajstić information content (AvgIpc) is 2.14. The number of methoxy groups -OCH3 is 1. The van der Waals surface area contributed by atoms with Gasteiger partial charge in [-0.2, -0.15) is 0 Å². The molecule has 0 aromatic heterocycles. The van der Waals surface area contributed by atoms with Crippen LogP contribution in [0.15, 0.2) is 18.2 Å². The van der Waals surface area contributed by atoms with E-state index < -0.39 is 13.0 Å². The quantitative estimate of drug-likeness (QED) is 0.733. The molecule has 1 rings (SSSR count). The number of ether oxygens (including phenoxy) is 1. The van der Waals surface area contributed by atoms with Crippen molar-refractivity contribution in [2.75, 3.05) is 24.7 Å². The van der Waals surface area contributed by atoms with E-state index in [0.29, 0.717) is 17.1 Å². The summed E-state index contributed by atoms with van der Waals surface area (Å²) in [5.41, 5.74) is 6.54. The van der Waals surface area contributed by atoms with Gasteiger partial charge in [0.25, 0.3) is 6.43 Å². The molecule has 0 bridgehead atoms. The van der Waals surface area contributed by atoms with Crippen LogP contribution in [0.5, 0.6) is 5.75 Å². The maximum atomic E-state index is 11.9. The van der Waals surface area contributed by atoms with Crippen LogP contribution in [0.1, 0.15) is 0 Å². The highest BCUT2D eigenvalue weighted by molar-refractivity contribution is 5.59. The Balaban J connectivity index is 2.71. The number of halogens is 2. The summed E-state index contributed by atoms with van der Waals surface area (Å²) < 4.78 is 28.7. The summed E-state index contributed by atoms with van der Waals surface area (Å²) >= 11 is 0. The van der Waals surface area contributed by atoms with Crippen molar-refractivity contribution < 1.29 is 13.5 Å². The summed E-state index contributed by atoms with van der Waals surface area (Å²) in [5, 5.41) is 2.55. The minimum atomic E-state index is -2.39. The zero-order valence-electron chi connectivity index (χ0n) is 7.76. The lowest BCUT2D eigenvalue weighted by Crippen LogP contribution is -2.10. The topological polar surface area (TPSA) is 47.3 Å². The van der Waals surface area contributed by atoms with E-state index >= 15 is 0 Å². The van der Waals surface area contributed by atoms with Gasteiger partial charge in [0.05, 0.1) is 13.7 Å². The molecule has 0 aliphatic heterocycles. The Morgan fingerprint density at radius 1 is 1.43 bits per heavy atom. The van der Waals surface area contributed by atoms with E-state index in [0.717, 1.165) is 0 Å². The third-order valence-electron chi connectivity index (χ3n) is 1.63. The van der Waals surface area contributed by atoms with Gasteiger partial charge in [-0.25, -0.2) is 8.78 Å². The van der Waals surface area contributed by atoms with Gasteiger partial charge < -0.3 is 15.8 Å². The van der Waals surface area contributed by atoms with Crippen molar-refractivity contribution in [2.45, 2.75) is 6.43 Å². The highest BCUT2D eigenvalue weighted by Crippen LogP contribution is 2.22. The van der Waals surface area contributed by atoms with Crippen LogP contribution in [0.25, 0.3) is 0 Å². The van der Waals surface area contributed by atoms with Gasteiger partial charge in [-0.1, -0.05) is 0 Å². The fourth-order valence-corrected chi connectivity index (χ4v) is 1.04. The molecule has 5 heteroatoms. The molecule has 78 valence electrons. The van der Waals surface area contributed by atoms with Crippen molar-refractivity contribution in [3.63, 3.8) is 0 Å². The fraction of sp³-hybridized carbons (Fsp3) is 0.333. The Hall–Kier alpha value is -1.52. The molecule has 0 radical (unpaired) electrons. The number of nitrogen functional groups attached to an aromatic ring is 1. The average molecular weight is 202 g/mol. The highest BCUT2D eigenvalue weighted by atomic mass is 19.3. The first-order valence-electron chi connectivity index (χ1n) is 4.08. The monoisotopic (exact) mass is 202 g/mol. The van der Waals surface area contributed by atoms with E-state index in [4.69, 9.17) is 10.5 Å². The van der Waals surface area contributed by atoms with Gasteiger partial charge in [0.1, 0.15) is 5.75 Å². The third kappa shape index (κ3) is 3.08. The van der Waals surface area contributed by atoms with E-state index in [9.17, 15) is 8.78 Å². The van der Waals surface area contributed by atoms with Crippen molar-refractivity contribution in [1.29, 1.82) is 0 Å². The number of rotatable bonds is 4. The number of hydrogen-bond acceptors (Lipinski definition) is 3. The molecular weight excluding hydrogens is 190 g/mol. The summed E-state index contributed by atoms with van der Waals surface area (Å²) in [5.74, 6) is 0.543. The molecule has 0 amide bonds. The van der Waals surface area contributed by atoms with Gasteiger partial charge in [-0.15, -0.1) is 0 Å². The number of alkyl halides is 2. The summed E-state index contributed by atoms with van der Waals surface area (Å²) in [6.45, 7) is -0.396. The molecule has 0 heterocycles. The van der Waals surface area contributed by atoms with Gasteiger partial charge in [-0.3, -0.25) is 0 Å². The second-order valence-corrected chi connectivity index (χ2v) is 2.77. The Morgan fingerprint density at radius 3 is 2.71 bits per heavy atom. The van der Waals surface area contributed by atoms with Crippen molar-refractivity contribution in [2.24, 2.45) is 0 Å². The van der Waals surface area contributed by atoms with Crippen LogP contribution in [-0.4, -0.2) is 20.1 Å². The van der Waals surface area contributed by atoms with Crippen LogP contribution < -0.4 is 15.8 Å². The number of anilines is 2. The van der Waals surface area contributed by atoms with E-state index in [1.807, 2.05) is 0 Å². The Bertz CT molecular complexity index is 305. The molecule has 0 spiro atoms. The van der Waals surface area contributed by atoms with E-state index in [2.05, 4.69) is 5.32 Å². The first-order chi connectivity index (χ1) is 6.61. The molecule has 0 atom stereocenters. The van der Waals surface area contributed by atoms with E-state index in [-0.39, 0.29) is 0 Å². The predicted octanol–water partition coefficient (Wildman–Crippen LogP) is 1.95. The molecule has 0 aliphatic carbocycles. The molecule has 1 aromatic rings. The Morgan fingerprint density at radius 2 is 2.14 bits per heavy atom. The first kappa shape index (κ1) is 10.6. The summed E-state index contributed by atoms with van der Waals surface area (Å²) in [6, 6.07) is 4.80. The Labute approximate surface area is 80.9 Å². The van der Waals surface area contributed by atoms with Gasteiger partial charge >= 0.3 is 0 Å². The molecule has 1 aromatic carbocycles. The molecular formula is C9H12F2N2O. The van der Waals surface area contributed by atoms with Gasteiger partial charge in [0, 0.05) is 23.5 Å². The van der Waals surface area contributed by atoms with Crippen molar-refractivity contribution in [1.82, 2.24) is 0 Å². The number of nitrogens with two attached hydrogens (primary N) is 1. The molecule has 3 N–H and O–H groups in total. The minimum absolute atomic E-state index is 0.396. The van der Waals surface area contributed by atoms with E-state index in [1.54, 1.807) is 18.2 Å². The summed E-state index contributed by atoms with van der Waals surface area (Å²) in [6.07, 6.45) is -2.39. The lowest BCUT2D eigenvalue weighted by Gasteiger charge is -2.08. The van der Waals surface area contributed by atoms with Crippen molar-refractivity contribution in [3.05, 3.63) is 18.2 Å². The van der Waals surface area contributed by atoms with Crippen LogP contribution in [-0.2, 0) is 0 Å². The molecule has 0 saturated heterocycles. The fourth-order valence-electron chi connectivity index (χ4n) is 1.04. The molecule has 0 unspecified atom stereocenters. The highest BCUT2D eigenvalue weighted by Gasteiger charge is 2.03. The smallest absolute Gasteiger partial charge is 0.255 e. The second kappa shape index (κ2) is 4.64. The van der Waals surface area contributed by atoms with Crippen LogP contribution in [0.4, 0.5) is 20.2 Å². The second-order valence-electron chi connectivity index (χ2n) is 2.77. The lowest BCUT2D eigenvalue weighted by molar-refractivity contribution is 0.163. The van der Waals surface area contributed by atoms with Gasteiger partial charge in [0.15, 0.2) is 0 Å². The molecule has 0 fully saturated rings. The number of nitrogens with one attached hydrogen (secondary N) is 1. The molecule has 3 nitrogen and oxygen atoms in total. The maximum Gasteiger partial charge on any atom is 0.255 e. The molecule has 14 heavy (non-hydrogen) atoms. The normalized spacial score (nSPS) is 10.3. The SMILES string of the molecule is COc1cc(N)cc(NCC(F)F)c1. The summed E-state index contributed by atoms with van der Waals surface area (Å²) in [7, 11) is 1.49. The molecule has 0 aliphatic rings. The largest absolute Gasteiger partial charge is 0.497 e. The van der Waals surface area contributed by atoms with Crippen molar-refractivity contribution >= 4 is 11.4 Å². The van der Waals surface area contributed by atoms with Gasteiger partial charge in [-0.05, 0) is 6.07 Å². The standard InChI is InChI=1S/C9H12F2N2O/c1-14-8-3-6(12)2-7(4-8)13-5-9(10)11/h2-4,9,13H,5,12H2,1H3. The molecule has 0 saturated carbocycles. The maximum absolute atomic E-state index is 11.9. The third-order valence-corrected chi connectivity index (χ3v) is 1.63. The Kier molecular flexibility index (Phi) is 3.50. The zero-order chi connectivity index (χ0) is 10.6. The van der Waals surface area contributed by atoms with Gasteiger partial charge in [0.2, 0.25) is 0 Å². The van der Waals surface area contributed by atoms with Crippen LogP contribution in [0.3, 0.4) is 0 Å². The first-order valence-corrected chi connectivity index (χ1v) is 4.08. The van der Waals surface area contributed by atoms with Crippen LogP contribution >= 0.6 is 0 Å². The van der Waals surface area contributed by atoms with E-state index in [1.165, 1.54) is 7.11 Å². The minimum Gasteiger partial charge on any atom is -0.497 e. The van der Waals surface area contributed by atoms with Crippen LogP contribution in [0.2, 0.25) is 0 Å². The number of hydrogen-bond donors (Lipinski definition) is 2. The van der Waals surface area contributed by atoms with Crippen molar-refractivity contribution in [3.8, 4) is 5.75 Å². The van der Waals surface area contributed by atoms with Crippen LogP contribution in [0, 0.1) is 0 Å². The predicted molar refractivity (Wildman–Crippen MR) is 51.9 cm³/mol. The zero-order valence-corrected chi connectivity index (χ0v) is 7.76.